The van der Waals surface area contributed by atoms with Crippen molar-refractivity contribution in [2.45, 2.75) is 13.8 Å². The molecule has 12 heavy (non-hydrogen) atoms. The standard InChI is InChI=1S/C7H12NO4/c1-5(2)6(9)11-3-4-12-7(8)10/h5,8H,3-4H2,1-2H3. The van der Waals surface area contributed by atoms with Crippen LogP contribution in [0.15, 0.2) is 0 Å². The van der Waals surface area contributed by atoms with Gasteiger partial charge in [0.25, 0.3) is 0 Å². The molecule has 0 aromatic heterocycles. The van der Waals surface area contributed by atoms with Gasteiger partial charge >= 0.3 is 12.1 Å². The van der Waals surface area contributed by atoms with E-state index in [1.807, 2.05) is 0 Å². The predicted octanol–water partition coefficient (Wildman–Crippen LogP) is 0.605. The summed E-state index contributed by atoms with van der Waals surface area (Å²) in [5, 5.41) is 0. The fraction of sp³-hybridized carbons (Fsp3) is 0.714. The van der Waals surface area contributed by atoms with Gasteiger partial charge in [0.15, 0.2) is 0 Å². The molecule has 69 valence electrons. The summed E-state index contributed by atoms with van der Waals surface area (Å²) in [7, 11) is 0. The summed E-state index contributed by atoms with van der Waals surface area (Å²) in [4.78, 5) is 20.7. The molecule has 0 atom stereocenters. The lowest BCUT2D eigenvalue weighted by atomic mass is 10.2. The second-order valence-corrected chi connectivity index (χ2v) is 2.46. The Hall–Kier alpha value is -1.26. The van der Waals surface area contributed by atoms with Gasteiger partial charge in [-0.05, 0) is 0 Å². The Morgan fingerprint density at radius 1 is 1.25 bits per heavy atom. The van der Waals surface area contributed by atoms with E-state index in [0.29, 0.717) is 0 Å². The number of nitrogens with one attached hydrogen (secondary N) is 1. The highest BCUT2D eigenvalue weighted by molar-refractivity contribution is 5.71. The highest BCUT2D eigenvalue weighted by Gasteiger charge is 2.07. The summed E-state index contributed by atoms with van der Waals surface area (Å²) >= 11 is 0. The zero-order valence-corrected chi connectivity index (χ0v) is 7.12. The quantitative estimate of drug-likeness (QED) is 0.462. The van der Waals surface area contributed by atoms with Crippen molar-refractivity contribution in [1.82, 2.24) is 5.73 Å². The van der Waals surface area contributed by atoms with Gasteiger partial charge in [0.05, 0.1) is 5.92 Å². The number of ether oxygens (including phenoxy) is 2. The SMILES string of the molecule is CC(C)C(=O)OCCOC([NH])=O. The summed E-state index contributed by atoms with van der Waals surface area (Å²) in [5.74, 6) is -0.521. The summed E-state index contributed by atoms with van der Waals surface area (Å²) in [6, 6.07) is 0. The first kappa shape index (κ1) is 10.7. The maximum Gasteiger partial charge on any atom is 0.426 e. The highest BCUT2D eigenvalue weighted by atomic mass is 16.6. The van der Waals surface area contributed by atoms with Gasteiger partial charge in [-0.3, -0.25) is 4.79 Å². The van der Waals surface area contributed by atoms with Crippen LogP contribution in [0.5, 0.6) is 0 Å². The normalized spacial score (nSPS) is 9.58. The topological polar surface area (TPSA) is 76.4 Å². The van der Waals surface area contributed by atoms with E-state index in [0.717, 1.165) is 0 Å². The largest absolute Gasteiger partial charge is 0.462 e. The number of esters is 1. The Bertz CT molecular complexity index is 167. The van der Waals surface area contributed by atoms with E-state index in [-0.39, 0.29) is 25.1 Å². The third-order valence-corrected chi connectivity index (χ3v) is 1.03. The van der Waals surface area contributed by atoms with Crippen molar-refractivity contribution in [3.8, 4) is 0 Å². The van der Waals surface area contributed by atoms with Crippen molar-refractivity contribution < 1.29 is 19.1 Å². The molecule has 0 spiro atoms. The zero-order chi connectivity index (χ0) is 9.56. The van der Waals surface area contributed by atoms with Gasteiger partial charge < -0.3 is 9.47 Å². The van der Waals surface area contributed by atoms with Crippen molar-refractivity contribution in [2.24, 2.45) is 5.92 Å². The lowest BCUT2D eigenvalue weighted by molar-refractivity contribution is -0.148. The van der Waals surface area contributed by atoms with E-state index >= 15 is 0 Å². The molecule has 0 aromatic rings. The second kappa shape index (κ2) is 5.40. The molecule has 0 aliphatic rings. The molecule has 0 aliphatic carbocycles. The van der Waals surface area contributed by atoms with Crippen LogP contribution in [-0.2, 0) is 14.3 Å². The molecule has 1 amide bonds. The molecule has 0 bridgehead atoms. The Balaban J connectivity index is 3.32. The fourth-order valence-electron chi connectivity index (χ4n) is 0.443. The average Bonchev–Trinajstić information content (AvgIpc) is 1.97. The van der Waals surface area contributed by atoms with Crippen LogP contribution in [0.25, 0.3) is 0 Å². The maximum atomic E-state index is 10.8. The summed E-state index contributed by atoms with van der Waals surface area (Å²) < 4.78 is 8.88. The Kier molecular flexibility index (Phi) is 4.83. The van der Waals surface area contributed by atoms with Crippen LogP contribution >= 0.6 is 0 Å². The third-order valence-electron chi connectivity index (χ3n) is 1.03. The van der Waals surface area contributed by atoms with Gasteiger partial charge in [0.2, 0.25) is 0 Å². The molecule has 1 radical (unpaired) electrons. The van der Waals surface area contributed by atoms with Gasteiger partial charge in [0.1, 0.15) is 13.2 Å². The van der Waals surface area contributed by atoms with Gasteiger partial charge in [-0.25, -0.2) is 10.5 Å². The minimum absolute atomic E-state index is 0.0155. The summed E-state index contributed by atoms with van der Waals surface area (Å²) in [6.45, 7) is 3.38. The lowest BCUT2D eigenvalue weighted by Crippen LogP contribution is -2.16. The average molecular weight is 174 g/mol. The second-order valence-electron chi connectivity index (χ2n) is 2.46. The number of hydrogen-bond acceptors (Lipinski definition) is 4. The first-order valence-electron chi connectivity index (χ1n) is 3.59. The number of carbonyl (C=O) groups is 2. The number of rotatable bonds is 4. The van der Waals surface area contributed by atoms with Crippen LogP contribution in [-0.4, -0.2) is 25.3 Å². The third kappa shape index (κ3) is 5.52. The molecule has 0 aliphatic heterocycles. The molecule has 0 rings (SSSR count). The Morgan fingerprint density at radius 2 is 1.75 bits per heavy atom. The molecular weight excluding hydrogens is 162 g/mol. The fourth-order valence-corrected chi connectivity index (χ4v) is 0.443. The highest BCUT2D eigenvalue weighted by Crippen LogP contribution is 1.94. The van der Waals surface area contributed by atoms with E-state index in [9.17, 15) is 9.59 Å². The van der Waals surface area contributed by atoms with E-state index in [1.165, 1.54) is 0 Å². The first-order valence-corrected chi connectivity index (χ1v) is 3.59. The maximum absolute atomic E-state index is 10.8. The van der Waals surface area contributed by atoms with E-state index < -0.39 is 6.09 Å². The molecule has 5 nitrogen and oxygen atoms in total. The monoisotopic (exact) mass is 174 g/mol. The van der Waals surface area contributed by atoms with Gasteiger partial charge in [-0.2, -0.15) is 0 Å². The van der Waals surface area contributed by atoms with Gasteiger partial charge in [-0.15, -0.1) is 0 Å². The zero-order valence-electron chi connectivity index (χ0n) is 7.12. The smallest absolute Gasteiger partial charge is 0.426 e. The number of carbonyl (C=O) groups excluding carboxylic acids is 2. The van der Waals surface area contributed by atoms with E-state index in [4.69, 9.17) is 5.73 Å². The van der Waals surface area contributed by atoms with Crippen molar-refractivity contribution in [2.75, 3.05) is 13.2 Å². The van der Waals surface area contributed by atoms with Crippen LogP contribution in [0.1, 0.15) is 13.8 Å². The van der Waals surface area contributed by atoms with Crippen molar-refractivity contribution in [3.63, 3.8) is 0 Å². The molecule has 0 saturated heterocycles. The molecule has 1 N–H and O–H groups in total. The Labute approximate surface area is 70.8 Å². The predicted molar refractivity (Wildman–Crippen MR) is 40.2 cm³/mol. The van der Waals surface area contributed by atoms with Gasteiger partial charge in [-0.1, -0.05) is 13.8 Å². The first-order chi connectivity index (χ1) is 5.54. The minimum Gasteiger partial charge on any atom is -0.462 e. The van der Waals surface area contributed by atoms with Gasteiger partial charge in [0, 0.05) is 0 Å². The molecule has 0 fully saturated rings. The molecular formula is C7H12NO4. The number of hydrogen-bond donors (Lipinski definition) is 0. The molecule has 0 unspecified atom stereocenters. The van der Waals surface area contributed by atoms with Crippen molar-refractivity contribution in [1.29, 1.82) is 0 Å². The van der Waals surface area contributed by atoms with E-state index in [2.05, 4.69) is 9.47 Å². The van der Waals surface area contributed by atoms with E-state index in [1.54, 1.807) is 13.8 Å². The minimum atomic E-state index is -1.12. The summed E-state index contributed by atoms with van der Waals surface area (Å²) in [6.07, 6.45) is -1.12. The molecule has 0 heterocycles. The molecule has 5 heteroatoms. The van der Waals surface area contributed by atoms with Crippen LogP contribution in [0.3, 0.4) is 0 Å². The van der Waals surface area contributed by atoms with Crippen molar-refractivity contribution in [3.05, 3.63) is 0 Å². The van der Waals surface area contributed by atoms with Crippen LogP contribution in [0.2, 0.25) is 0 Å². The number of amides is 1. The summed E-state index contributed by atoms with van der Waals surface area (Å²) in [5.41, 5.74) is 6.35. The Morgan fingerprint density at radius 3 is 2.17 bits per heavy atom. The van der Waals surface area contributed by atoms with Crippen LogP contribution < -0.4 is 5.73 Å². The van der Waals surface area contributed by atoms with Crippen molar-refractivity contribution >= 4 is 12.1 Å². The van der Waals surface area contributed by atoms with Crippen LogP contribution in [0.4, 0.5) is 4.79 Å². The van der Waals surface area contributed by atoms with Crippen LogP contribution in [0, 0.1) is 5.92 Å². The molecule has 0 aromatic carbocycles. The molecule has 0 saturated carbocycles. The lowest BCUT2D eigenvalue weighted by Gasteiger charge is -2.05.